The molecule has 1 amide bonds. The second-order valence-electron chi connectivity index (χ2n) is 7.74. The highest BCUT2D eigenvalue weighted by Crippen LogP contribution is 2.32. The third-order valence-electron chi connectivity index (χ3n) is 5.70. The van der Waals surface area contributed by atoms with Gasteiger partial charge in [-0.3, -0.25) is 4.79 Å². The lowest BCUT2D eigenvalue weighted by atomic mass is 9.89. The summed E-state index contributed by atoms with van der Waals surface area (Å²) in [5.41, 5.74) is 2.22. The molecular formula is C23H28N2O2. The topological polar surface area (TPSA) is 50.4 Å². The van der Waals surface area contributed by atoms with Gasteiger partial charge < -0.3 is 15.4 Å². The molecule has 0 spiro atoms. The molecule has 0 aromatic heterocycles. The van der Waals surface area contributed by atoms with Crippen molar-refractivity contribution in [3.8, 4) is 16.9 Å². The Balaban J connectivity index is 1.23. The third-order valence-corrected chi connectivity index (χ3v) is 5.70. The number of hydrogen-bond acceptors (Lipinski definition) is 3. The molecule has 2 aliphatic rings. The molecule has 2 aliphatic heterocycles. The highest BCUT2D eigenvalue weighted by molar-refractivity contribution is 5.76. The first-order valence-corrected chi connectivity index (χ1v) is 10.1. The van der Waals surface area contributed by atoms with Gasteiger partial charge in [0.15, 0.2) is 0 Å². The summed E-state index contributed by atoms with van der Waals surface area (Å²) in [7, 11) is 0. The van der Waals surface area contributed by atoms with Gasteiger partial charge in [0, 0.05) is 24.1 Å². The van der Waals surface area contributed by atoms with Crippen LogP contribution in [0.3, 0.4) is 0 Å². The Morgan fingerprint density at radius 3 is 2.48 bits per heavy atom. The fraction of sp³-hybridized carbons (Fsp3) is 0.435. The molecule has 0 saturated carbocycles. The van der Waals surface area contributed by atoms with Gasteiger partial charge in [0.05, 0.1) is 6.54 Å². The number of nitrogens with one attached hydrogen (secondary N) is 2. The lowest BCUT2D eigenvalue weighted by molar-refractivity contribution is -0.122. The lowest BCUT2D eigenvalue weighted by Crippen LogP contribution is -2.40. The smallest absolute Gasteiger partial charge is 0.220 e. The molecule has 27 heavy (non-hydrogen) atoms. The molecule has 2 aromatic carbocycles. The van der Waals surface area contributed by atoms with Crippen molar-refractivity contribution in [1.29, 1.82) is 0 Å². The van der Waals surface area contributed by atoms with E-state index in [9.17, 15) is 4.79 Å². The van der Waals surface area contributed by atoms with Gasteiger partial charge in [0.25, 0.3) is 0 Å². The minimum Gasteiger partial charge on any atom is -0.491 e. The molecule has 2 unspecified atom stereocenters. The summed E-state index contributed by atoms with van der Waals surface area (Å²) in [6, 6.07) is 19.5. The Labute approximate surface area is 161 Å². The summed E-state index contributed by atoms with van der Waals surface area (Å²) >= 11 is 0. The zero-order chi connectivity index (χ0) is 18.5. The summed E-state index contributed by atoms with van der Waals surface area (Å²) in [5, 5.41) is 6.66. The van der Waals surface area contributed by atoms with Crippen molar-refractivity contribution in [3.05, 3.63) is 54.6 Å². The van der Waals surface area contributed by atoms with Crippen molar-refractivity contribution in [2.75, 3.05) is 13.2 Å². The minimum atomic E-state index is 0.154. The van der Waals surface area contributed by atoms with E-state index in [1.54, 1.807) is 0 Å². The van der Waals surface area contributed by atoms with E-state index in [2.05, 4.69) is 28.8 Å². The fourth-order valence-corrected chi connectivity index (χ4v) is 4.48. The molecular weight excluding hydrogens is 336 g/mol. The maximum Gasteiger partial charge on any atom is 0.220 e. The molecule has 142 valence electrons. The van der Waals surface area contributed by atoms with Crippen LogP contribution in [-0.4, -0.2) is 31.1 Å². The summed E-state index contributed by atoms with van der Waals surface area (Å²) in [6.07, 6.45) is 5.49. The molecule has 2 atom stereocenters. The first kappa shape index (κ1) is 18.1. The van der Waals surface area contributed by atoms with Gasteiger partial charge in [-0.15, -0.1) is 0 Å². The van der Waals surface area contributed by atoms with Crippen LogP contribution in [0, 0.1) is 5.92 Å². The Bertz CT molecular complexity index is 750. The summed E-state index contributed by atoms with van der Waals surface area (Å²) in [6.45, 7) is 1.02. The molecule has 2 aromatic rings. The first-order chi connectivity index (χ1) is 13.3. The third kappa shape index (κ3) is 4.69. The standard InChI is InChI=1S/C23H28N2O2/c26-23(16-17-14-19-10-11-20(15-17)25-19)24-12-13-27-22-9-5-4-8-21(22)18-6-2-1-3-7-18/h1-9,17,19-20,25H,10-16H2,(H,24,26). The number of piperidine rings is 1. The van der Waals surface area contributed by atoms with Gasteiger partial charge in [0.2, 0.25) is 5.91 Å². The average Bonchev–Trinajstić information content (AvgIpc) is 3.04. The van der Waals surface area contributed by atoms with Crippen molar-refractivity contribution >= 4 is 5.91 Å². The van der Waals surface area contributed by atoms with E-state index in [0.29, 0.717) is 37.6 Å². The van der Waals surface area contributed by atoms with E-state index in [1.165, 1.54) is 12.8 Å². The number of rotatable bonds is 7. The normalized spacial score (nSPS) is 23.8. The number of ether oxygens (including phenoxy) is 1. The minimum absolute atomic E-state index is 0.154. The van der Waals surface area contributed by atoms with Crippen LogP contribution < -0.4 is 15.4 Å². The van der Waals surface area contributed by atoms with Crippen LogP contribution in [0.4, 0.5) is 0 Å². The zero-order valence-corrected chi connectivity index (χ0v) is 15.7. The summed E-state index contributed by atoms with van der Waals surface area (Å²) < 4.78 is 5.95. The van der Waals surface area contributed by atoms with Gasteiger partial charge in [-0.2, -0.15) is 0 Å². The number of carbonyl (C=O) groups excluding carboxylic acids is 1. The van der Waals surface area contributed by atoms with Gasteiger partial charge in [-0.25, -0.2) is 0 Å². The van der Waals surface area contributed by atoms with E-state index >= 15 is 0 Å². The van der Waals surface area contributed by atoms with Crippen LogP contribution in [0.2, 0.25) is 0 Å². The predicted octanol–water partition coefficient (Wildman–Crippen LogP) is 3.77. The van der Waals surface area contributed by atoms with Crippen molar-refractivity contribution < 1.29 is 9.53 Å². The fourth-order valence-electron chi connectivity index (χ4n) is 4.48. The number of para-hydroxylation sites is 1. The SMILES string of the molecule is O=C(CC1CC2CCC(C1)N2)NCCOc1ccccc1-c1ccccc1. The maximum atomic E-state index is 12.3. The number of hydrogen-bond donors (Lipinski definition) is 2. The lowest BCUT2D eigenvalue weighted by Gasteiger charge is -2.28. The molecule has 4 heteroatoms. The number of benzene rings is 2. The summed E-state index contributed by atoms with van der Waals surface area (Å²) in [4.78, 5) is 12.3. The highest BCUT2D eigenvalue weighted by Gasteiger charge is 2.34. The van der Waals surface area contributed by atoms with E-state index in [-0.39, 0.29) is 5.91 Å². The van der Waals surface area contributed by atoms with Gasteiger partial charge >= 0.3 is 0 Å². The van der Waals surface area contributed by atoms with Crippen LogP contribution in [0.25, 0.3) is 11.1 Å². The van der Waals surface area contributed by atoms with Gasteiger partial charge in [-0.1, -0.05) is 48.5 Å². The van der Waals surface area contributed by atoms with Crippen molar-refractivity contribution in [3.63, 3.8) is 0 Å². The molecule has 2 bridgehead atoms. The largest absolute Gasteiger partial charge is 0.491 e. The maximum absolute atomic E-state index is 12.3. The number of fused-ring (bicyclic) bond motifs is 2. The molecule has 0 aliphatic carbocycles. The van der Waals surface area contributed by atoms with Crippen LogP contribution in [0.15, 0.2) is 54.6 Å². The van der Waals surface area contributed by atoms with Crippen LogP contribution >= 0.6 is 0 Å². The van der Waals surface area contributed by atoms with Crippen LogP contribution in [0.5, 0.6) is 5.75 Å². The monoisotopic (exact) mass is 364 g/mol. The van der Waals surface area contributed by atoms with E-state index in [1.807, 2.05) is 36.4 Å². The molecule has 2 saturated heterocycles. The Morgan fingerprint density at radius 1 is 1.00 bits per heavy atom. The number of amides is 1. The van der Waals surface area contributed by atoms with Crippen LogP contribution in [0.1, 0.15) is 32.1 Å². The Morgan fingerprint density at radius 2 is 1.70 bits per heavy atom. The number of carbonyl (C=O) groups is 1. The Kier molecular flexibility index (Phi) is 5.73. The summed E-state index contributed by atoms with van der Waals surface area (Å²) in [5.74, 6) is 1.54. The molecule has 4 rings (SSSR count). The average molecular weight is 364 g/mol. The second-order valence-corrected chi connectivity index (χ2v) is 7.74. The first-order valence-electron chi connectivity index (χ1n) is 10.1. The molecule has 2 fully saturated rings. The van der Waals surface area contributed by atoms with Crippen molar-refractivity contribution in [1.82, 2.24) is 10.6 Å². The Hall–Kier alpha value is -2.33. The zero-order valence-electron chi connectivity index (χ0n) is 15.7. The van der Waals surface area contributed by atoms with Gasteiger partial charge in [-0.05, 0) is 43.2 Å². The van der Waals surface area contributed by atoms with Gasteiger partial charge in [0.1, 0.15) is 12.4 Å². The molecule has 2 N–H and O–H groups in total. The van der Waals surface area contributed by atoms with E-state index < -0.39 is 0 Å². The quantitative estimate of drug-likeness (QED) is 0.736. The molecule has 0 radical (unpaired) electrons. The highest BCUT2D eigenvalue weighted by atomic mass is 16.5. The van der Waals surface area contributed by atoms with E-state index in [0.717, 1.165) is 29.7 Å². The predicted molar refractivity (Wildman–Crippen MR) is 108 cm³/mol. The molecule has 2 heterocycles. The van der Waals surface area contributed by atoms with Crippen LogP contribution in [-0.2, 0) is 4.79 Å². The second kappa shape index (κ2) is 8.57. The van der Waals surface area contributed by atoms with E-state index in [4.69, 9.17) is 4.74 Å². The van der Waals surface area contributed by atoms with Crippen molar-refractivity contribution in [2.45, 2.75) is 44.2 Å². The van der Waals surface area contributed by atoms with Crippen molar-refractivity contribution in [2.24, 2.45) is 5.92 Å². The molecule has 4 nitrogen and oxygen atoms in total.